The molecule has 6 nitrogen and oxygen atoms in total. The lowest BCUT2D eigenvalue weighted by Gasteiger charge is -2.22. The molecule has 110 valence electrons. The molecule has 2 rings (SSSR count). The molecule has 0 radical (unpaired) electrons. The largest absolute Gasteiger partial charge is 0.479 e. The number of nitrogens with one attached hydrogen (secondary N) is 1. The maximum absolute atomic E-state index is 12.2. The number of rotatable bonds is 4. The maximum Gasteiger partial charge on any atom is 0.331 e. The van der Waals surface area contributed by atoms with Gasteiger partial charge in [0.05, 0.1) is 0 Å². The normalized spacial score (nSPS) is 20.1. The zero-order chi connectivity index (χ0) is 14.7. The van der Waals surface area contributed by atoms with Crippen molar-refractivity contribution in [2.45, 2.75) is 18.5 Å². The minimum absolute atomic E-state index is 0.310. The molecule has 1 fully saturated rings. The number of likely N-dealkylation sites (N-methyl/N-ethyl adjacent to an activating group) is 1. The van der Waals surface area contributed by atoms with Gasteiger partial charge in [-0.15, -0.1) is 11.3 Å². The summed E-state index contributed by atoms with van der Waals surface area (Å²) in [5.74, 6) is -1.04. The Hall–Kier alpha value is -1.60. The van der Waals surface area contributed by atoms with Gasteiger partial charge in [-0.1, -0.05) is 6.07 Å². The van der Waals surface area contributed by atoms with Gasteiger partial charge in [0.15, 0.2) is 6.04 Å². The first-order chi connectivity index (χ1) is 9.49. The molecule has 1 aromatic heterocycles. The fourth-order valence-electron chi connectivity index (χ4n) is 2.27. The number of nitrogens with zero attached hydrogens (tertiary/aromatic N) is 2. The van der Waals surface area contributed by atoms with Crippen LogP contribution in [0.2, 0.25) is 0 Å². The Morgan fingerprint density at radius 3 is 2.80 bits per heavy atom. The minimum atomic E-state index is -1.04. The van der Waals surface area contributed by atoms with E-state index in [9.17, 15) is 14.7 Å². The van der Waals surface area contributed by atoms with Gasteiger partial charge in [-0.2, -0.15) is 0 Å². The fraction of sp³-hybridized carbons (Fsp3) is 0.538. The number of amides is 2. The first kappa shape index (κ1) is 14.8. The van der Waals surface area contributed by atoms with Crippen LogP contribution in [0.4, 0.5) is 4.79 Å². The molecule has 1 aliphatic rings. The number of carboxylic acids is 1. The number of urea groups is 1. The molecule has 1 saturated heterocycles. The summed E-state index contributed by atoms with van der Waals surface area (Å²) in [4.78, 5) is 27.8. The van der Waals surface area contributed by atoms with E-state index in [0.29, 0.717) is 24.0 Å². The van der Waals surface area contributed by atoms with E-state index < -0.39 is 12.0 Å². The molecule has 0 spiro atoms. The van der Waals surface area contributed by atoms with Gasteiger partial charge in [0.25, 0.3) is 0 Å². The second-order valence-electron chi connectivity index (χ2n) is 5.09. The molecule has 2 amide bonds. The van der Waals surface area contributed by atoms with Crippen LogP contribution in [0.25, 0.3) is 0 Å². The van der Waals surface area contributed by atoms with Crippen molar-refractivity contribution in [3.05, 3.63) is 22.4 Å². The minimum Gasteiger partial charge on any atom is -0.479 e. The van der Waals surface area contributed by atoms with E-state index in [2.05, 4.69) is 10.2 Å². The summed E-state index contributed by atoms with van der Waals surface area (Å²) in [5.41, 5.74) is 0. The lowest BCUT2D eigenvalue weighted by Crippen LogP contribution is -2.43. The van der Waals surface area contributed by atoms with E-state index in [0.717, 1.165) is 6.42 Å². The van der Waals surface area contributed by atoms with Gasteiger partial charge >= 0.3 is 12.0 Å². The van der Waals surface area contributed by atoms with E-state index in [1.54, 1.807) is 22.4 Å². The maximum atomic E-state index is 12.2. The van der Waals surface area contributed by atoms with Gasteiger partial charge in [0.2, 0.25) is 0 Å². The zero-order valence-corrected chi connectivity index (χ0v) is 12.4. The highest BCUT2D eigenvalue weighted by Crippen LogP contribution is 2.20. The van der Waals surface area contributed by atoms with Crippen molar-refractivity contribution in [1.82, 2.24) is 15.1 Å². The average Bonchev–Trinajstić information content (AvgIpc) is 3.05. The van der Waals surface area contributed by atoms with E-state index in [1.165, 1.54) is 11.3 Å². The van der Waals surface area contributed by atoms with E-state index in [-0.39, 0.29) is 6.03 Å². The molecule has 0 aromatic carbocycles. The van der Waals surface area contributed by atoms with Gasteiger partial charge in [0, 0.05) is 24.0 Å². The van der Waals surface area contributed by atoms with Gasteiger partial charge in [-0.25, -0.2) is 9.59 Å². The molecule has 0 bridgehead atoms. The van der Waals surface area contributed by atoms with Crippen molar-refractivity contribution < 1.29 is 14.7 Å². The quantitative estimate of drug-likeness (QED) is 0.876. The van der Waals surface area contributed by atoms with Gasteiger partial charge in [-0.05, 0) is 32.0 Å². The lowest BCUT2D eigenvalue weighted by atomic mass is 10.2. The Morgan fingerprint density at radius 2 is 2.30 bits per heavy atom. The van der Waals surface area contributed by atoms with Crippen molar-refractivity contribution >= 4 is 23.3 Å². The molecular weight excluding hydrogens is 278 g/mol. The van der Waals surface area contributed by atoms with Crippen LogP contribution in [-0.4, -0.2) is 60.1 Å². The number of thiophene rings is 1. The van der Waals surface area contributed by atoms with Crippen LogP contribution in [0, 0.1) is 0 Å². The molecule has 1 aliphatic heterocycles. The molecule has 20 heavy (non-hydrogen) atoms. The summed E-state index contributed by atoms with van der Waals surface area (Å²) in [7, 11) is 3.97. The predicted molar refractivity (Wildman–Crippen MR) is 76.9 cm³/mol. The zero-order valence-electron chi connectivity index (χ0n) is 11.6. The topological polar surface area (TPSA) is 72.9 Å². The first-order valence-electron chi connectivity index (χ1n) is 6.47. The molecule has 2 N–H and O–H groups in total. The number of carbonyl (C=O) groups excluding carboxylic acids is 1. The Balaban J connectivity index is 1.98. The predicted octanol–water partition coefficient (Wildman–Crippen LogP) is 1.22. The van der Waals surface area contributed by atoms with Crippen molar-refractivity contribution in [1.29, 1.82) is 0 Å². The van der Waals surface area contributed by atoms with E-state index >= 15 is 0 Å². The number of aliphatic carboxylic acids is 1. The number of hydrogen-bond donors (Lipinski definition) is 2. The van der Waals surface area contributed by atoms with Crippen LogP contribution in [0.3, 0.4) is 0 Å². The van der Waals surface area contributed by atoms with Crippen LogP contribution in [-0.2, 0) is 4.79 Å². The summed E-state index contributed by atoms with van der Waals surface area (Å²) < 4.78 is 0. The molecule has 2 heterocycles. The molecule has 0 aliphatic carbocycles. The number of likely N-dealkylation sites (tertiary alicyclic amines) is 1. The van der Waals surface area contributed by atoms with Crippen molar-refractivity contribution in [3.8, 4) is 0 Å². The summed E-state index contributed by atoms with van der Waals surface area (Å²) in [6.07, 6.45) is 0.914. The number of carboxylic acid groups (broad SMARTS) is 1. The third kappa shape index (κ3) is 3.29. The van der Waals surface area contributed by atoms with Crippen LogP contribution >= 0.6 is 11.3 Å². The van der Waals surface area contributed by atoms with Gasteiger partial charge in [-0.3, -0.25) is 0 Å². The second kappa shape index (κ2) is 6.23. The second-order valence-corrected chi connectivity index (χ2v) is 6.07. The Labute approximate surface area is 122 Å². The SMILES string of the molecule is CN(C)C1CCN(C(=O)NC(C(=O)O)c2cccs2)C1. The third-order valence-corrected chi connectivity index (χ3v) is 4.46. The highest BCUT2D eigenvalue weighted by atomic mass is 32.1. The summed E-state index contributed by atoms with van der Waals surface area (Å²) in [6, 6.07) is 2.55. The fourth-order valence-corrected chi connectivity index (χ4v) is 3.04. The smallest absolute Gasteiger partial charge is 0.331 e. The number of hydrogen-bond acceptors (Lipinski definition) is 4. The van der Waals surface area contributed by atoms with Gasteiger partial charge < -0.3 is 20.2 Å². The van der Waals surface area contributed by atoms with Crippen molar-refractivity contribution in [2.75, 3.05) is 27.2 Å². The lowest BCUT2D eigenvalue weighted by molar-refractivity contribution is -0.139. The Kier molecular flexibility index (Phi) is 4.61. The molecule has 7 heteroatoms. The Bertz CT molecular complexity index is 475. The van der Waals surface area contributed by atoms with Crippen LogP contribution in [0.1, 0.15) is 17.3 Å². The van der Waals surface area contributed by atoms with Crippen molar-refractivity contribution in [3.63, 3.8) is 0 Å². The van der Waals surface area contributed by atoms with Crippen LogP contribution < -0.4 is 5.32 Å². The van der Waals surface area contributed by atoms with Crippen LogP contribution in [0.5, 0.6) is 0 Å². The molecule has 2 atom stereocenters. The summed E-state index contributed by atoms with van der Waals surface area (Å²) in [6.45, 7) is 1.29. The molecular formula is C13H19N3O3S. The highest BCUT2D eigenvalue weighted by molar-refractivity contribution is 7.10. The summed E-state index contributed by atoms with van der Waals surface area (Å²) >= 11 is 1.33. The monoisotopic (exact) mass is 297 g/mol. The first-order valence-corrected chi connectivity index (χ1v) is 7.35. The Morgan fingerprint density at radius 1 is 1.55 bits per heavy atom. The molecule has 2 unspecified atom stereocenters. The number of carbonyl (C=O) groups is 2. The molecule has 0 saturated carbocycles. The third-order valence-electron chi connectivity index (χ3n) is 3.52. The van der Waals surface area contributed by atoms with Crippen LogP contribution in [0.15, 0.2) is 17.5 Å². The van der Waals surface area contributed by atoms with Crippen molar-refractivity contribution in [2.24, 2.45) is 0 Å². The van der Waals surface area contributed by atoms with E-state index in [1.807, 2.05) is 14.1 Å². The molecule has 1 aromatic rings. The highest BCUT2D eigenvalue weighted by Gasteiger charge is 2.30. The summed E-state index contributed by atoms with van der Waals surface area (Å²) in [5, 5.41) is 13.6. The van der Waals surface area contributed by atoms with Gasteiger partial charge in [0.1, 0.15) is 0 Å². The van der Waals surface area contributed by atoms with E-state index in [4.69, 9.17) is 0 Å². The standard InChI is InChI=1S/C13H19N3O3S/c1-15(2)9-5-6-16(8-9)13(19)14-11(12(17)18)10-4-3-7-20-10/h3-4,7,9,11H,5-6,8H2,1-2H3,(H,14,19)(H,17,18). The average molecular weight is 297 g/mol.